The minimum absolute atomic E-state index is 0.174. The Morgan fingerprint density at radius 2 is 1.79 bits per heavy atom. The molecule has 1 heterocycles. The van der Waals surface area contributed by atoms with E-state index < -0.39 is 17.7 Å². The average Bonchev–Trinajstić information content (AvgIpc) is 2.68. The summed E-state index contributed by atoms with van der Waals surface area (Å²) < 4.78 is 49.2. The lowest BCUT2D eigenvalue weighted by molar-refractivity contribution is -0.137. The SMILES string of the molecule is CCOC(=O)c1cnc2c(OCC)cccc2c1Nc1ccc(C(F)(F)F)cc1. The van der Waals surface area contributed by atoms with E-state index >= 15 is 0 Å². The van der Waals surface area contributed by atoms with Gasteiger partial charge in [-0.1, -0.05) is 12.1 Å². The molecule has 0 aliphatic rings. The van der Waals surface area contributed by atoms with Gasteiger partial charge in [-0.05, 0) is 44.2 Å². The minimum Gasteiger partial charge on any atom is -0.492 e. The van der Waals surface area contributed by atoms with Crippen LogP contribution in [0.5, 0.6) is 5.75 Å². The van der Waals surface area contributed by atoms with E-state index in [9.17, 15) is 18.0 Å². The summed E-state index contributed by atoms with van der Waals surface area (Å²) in [5.74, 6) is -0.0472. The second-order valence-corrected chi connectivity index (χ2v) is 6.05. The van der Waals surface area contributed by atoms with Crippen LogP contribution in [0.25, 0.3) is 10.9 Å². The third kappa shape index (κ3) is 4.42. The number of aromatic nitrogens is 1. The van der Waals surface area contributed by atoms with Gasteiger partial charge in [0.1, 0.15) is 16.8 Å². The number of halogens is 3. The summed E-state index contributed by atoms with van der Waals surface area (Å²) in [6.45, 7) is 4.13. The highest BCUT2D eigenvalue weighted by atomic mass is 19.4. The first kappa shape index (κ1) is 20.4. The van der Waals surface area contributed by atoms with Crippen LogP contribution in [0, 0.1) is 0 Å². The number of rotatable bonds is 6. The molecule has 3 aromatic rings. The molecule has 0 radical (unpaired) electrons. The average molecular weight is 404 g/mol. The van der Waals surface area contributed by atoms with Gasteiger partial charge in [-0.2, -0.15) is 13.2 Å². The Morgan fingerprint density at radius 3 is 2.41 bits per heavy atom. The van der Waals surface area contributed by atoms with Crippen molar-refractivity contribution >= 4 is 28.2 Å². The van der Waals surface area contributed by atoms with Crippen LogP contribution < -0.4 is 10.1 Å². The van der Waals surface area contributed by atoms with Crippen molar-refractivity contribution in [1.82, 2.24) is 4.98 Å². The lowest BCUT2D eigenvalue weighted by Crippen LogP contribution is -2.10. The van der Waals surface area contributed by atoms with Crippen molar-refractivity contribution < 1.29 is 27.4 Å². The molecule has 152 valence electrons. The Hall–Kier alpha value is -3.29. The minimum atomic E-state index is -4.43. The fourth-order valence-electron chi connectivity index (χ4n) is 2.85. The van der Waals surface area contributed by atoms with Gasteiger partial charge in [-0.25, -0.2) is 4.79 Å². The maximum absolute atomic E-state index is 12.8. The molecule has 0 unspecified atom stereocenters. The van der Waals surface area contributed by atoms with Crippen LogP contribution in [0.4, 0.5) is 24.5 Å². The number of esters is 1. The van der Waals surface area contributed by atoms with E-state index in [1.54, 1.807) is 25.1 Å². The van der Waals surface area contributed by atoms with E-state index in [2.05, 4.69) is 10.3 Å². The van der Waals surface area contributed by atoms with E-state index in [1.165, 1.54) is 18.3 Å². The number of carbonyl (C=O) groups is 1. The van der Waals surface area contributed by atoms with Crippen LogP contribution in [-0.2, 0) is 10.9 Å². The number of alkyl halides is 3. The van der Waals surface area contributed by atoms with Crippen LogP contribution in [0.1, 0.15) is 29.8 Å². The van der Waals surface area contributed by atoms with Gasteiger partial charge >= 0.3 is 12.1 Å². The number of para-hydroxylation sites is 1. The second kappa shape index (κ2) is 8.38. The number of ether oxygens (including phenoxy) is 2. The zero-order valence-corrected chi connectivity index (χ0v) is 15.8. The second-order valence-electron chi connectivity index (χ2n) is 6.05. The van der Waals surface area contributed by atoms with E-state index in [4.69, 9.17) is 9.47 Å². The normalized spacial score (nSPS) is 11.3. The van der Waals surface area contributed by atoms with Gasteiger partial charge in [0.15, 0.2) is 0 Å². The lowest BCUT2D eigenvalue weighted by atomic mass is 10.1. The number of fused-ring (bicyclic) bond motifs is 1. The maximum Gasteiger partial charge on any atom is 0.416 e. The molecular weight excluding hydrogens is 385 g/mol. The molecule has 0 aliphatic carbocycles. The Balaban J connectivity index is 2.10. The summed E-state index contributed by atoms with van der Waals surface area (Å²) in [4.78, 5) is 16.8. The number of carbonyl (C=O) groups excluding carboxylic acids is 1. The first-order chi connectivity index (χ1) is 13.8. The van der Waals surface area contributed by atoms with Crippen molar-refractivity contribution in [2.75, 3.05) is 18.5 Å². The number of hydrogen-bond donors (Lipinski definition) is 1. The van der Waals surface area contributed by atoms with Crippen molar-refractivity contribution in [2.45, 2.75) is 20.0 Å². The molecule has 5 nitrogen and oxygen atoms in total. The van der Waals surface area contributed by atoms with E-state index in [0.717, 1.165) is 12.1 Å². The molecule has 0 amide bonds. The molecule has 3 rings (SSSR count). The van der Waals surface area contributed by atoms with Crippen molar-refractivity contribution in [3.05, 3.63) is 59.8 Å². The van der Waals surface area contributed by atoms with Gasteiger partial charge in [0.25, 0.3) is 0 Å². The molecule has 1 N–H and O–H groups in total. The van der Waals surface area contributed by atoms with Gasteiger partial charge in [-0.3, -0.25) is 4.98 Å². The monoisotopic (exact) mass is 404 g/mol. The topological polar surface area (TPSA) is 60.5 Å². The largest absolute Gasteiger partial charge is 0.492 e. The molecule has 8 heteroatoms. The van der Waals surface area contributed by atoms with Gasteiger partial charge < -0.3 is 14.8 Å². The zero-order valence-electron chi connectivity index (χ0n) is 15.8. The maximum atomic E-state index is 12.8. The Morgan fingerprint density at radius 1 is 1.07 bits per heavy atom. The summed E-state index contributed by atoms with van der Waals surface area (Å²) in [6.07, 6.45) is -3.06. The molecule has 0 saturated carbocycles. The number of nitrogens with zero attached hydrogens (tertiary/aromatic N) is 1. The highest BCUT2D eigenvalue weighted by Gasteiger charge is 2.30. The molecule has 2 aromatic carbocycles. The van der Waals surface area contributed by atoms with Crippen molar-refractivity contribution in [3.8, 4) is 5.75 Å². The van der Waals surface area contributed by atoms with Crippen LogP contribution in [0.3, 0.4) is 0 Å². The van der Waals surface area contributed by atoms with Crippen molar-refractivity contribution in [1.29, 1.82) is 0 Å². The molecule has 0 aliphatic heterocycles. The predicted molar refractivity (Wildman–Crippen MR) is 104 cm³/mol. The standard InChI is InChI=1S/C21H19F3N2O3/c1-3-28-17-7-5-6-15-18(16(12-25-19(15)17)20(27)29-4-2)26-14-10-8-13(9-11-14)21(22,23)24/h5-12H,3-4H2,1-2H3,(H,25,26). The van der Waals surface area contributed by atoms with Gasteiger partial charge in [-0.15, -0.1) is 0 Å². The quantitative estimate of drug-likeness (QED) is 0.544. The van der Waals surface area contributed by atoms with Crippen LogP contribution in [-0.4, -0.2) is 24.2 Å². The van der Waals surface area contributed by atoms with Crippen LogP contribution >= 0.6 is 0 Å². The number of hydrogen-bond acceptors (Lipinski definition) is 5. The Kier molecular flexibility index (Phi) is 5.91. The lowest BCUT2D eigenvalue weighted by Gasteiger charge is -2.16. The summed E-state index contributed by atoms with van der Waals surface area (Å²) >= 11 is 0. The van der Waals surface area contributed by atoms with Gasteiger partial charge in [0.05, 0.1) is 24.5 Å². The molecule has 29 heavy (non-hydrogen) atoms. The van der Waals surface area contributed by atoms with Crippen LogP contribution in [0.15, 0.2) is 48.7 Å². The van der Waals surface area contributed by atoms with Gasteiger partial charge in [0.2, 0.25) is 0 Å². The molecule has 0 bridgehead atoms. The molecule has 1 aromatic heterocycles. The van der Waals surface area contributed by atoms with E-state index in [1.807, 2.05) is 6.92 Å². The van der Waals surface area contributed by atoms with Crippen molar-refractivity contribution in [2.24, 2.45) is 0 Å². The summed E-state index contributed by atoms with van der Waals surface area (Å²) in [5.41, 5.74) is 0.712. The first-order valence-corrected chi connectivity index (χ1v) is 9.01. The third-order valence-corrected chi connectivity index (χ3v) is 4.14. The van der Waals surface area contributed by atoms with Gasteiger partial charge in [0, 0.05) is 17.3 Å². The number of benzene rings is 2. The molecule has 0 saturated heterocycles. The molecule has 0 fully saturated rings. The summed E-state index contributed by atoms with van der Waals surface area (Å²) in [5, 5.41) is 3.62. The smallest absolute Gasteiger partial charge is 0.416 e. The molecule has 0 atom stereocenters. The summed E-state index contributed by atoms with van der Waals surface area (Å²) in [7, 11) is 0. The zero-order chi connectivity index (χ0) is 21.0. The third-order valence-electron chi connectivity index (χ3n) is 4.14. The van der Waals surface area contributed by atoms with Crippen LogP contribution in [0.2, 0.25) is 0 Å². The fourth-order valence-corrected chi connectivity index (χ4v) is 2.85. The number of pyridine rings is 1. The van der Waals surface area contributed by atoms with Crippen molar-refractivity contribution in [3.63, 3.8) is 0 Å². The highest BCUT2D eigenvalue weighted by Crippen LogP contribution is 2.35. The number of nitrogens with one attached hydrogen (secondary N) is 1. The molecule has 0 spiro atoms. The molecular formula is C21H19F3N2O3. The van der Waals surface area contributed by atoms with E-state index in [0.29, 0.717) is 34.6 Å². The highest BCUT2D eigenvalue weighted by molar-refractivity contribution is 6.07. The predicted octanol–water partition coefficient (Wildman–Crippen LogP) is 5.57. The summed E-state index contributed by atoms with van der Waals surface area (Å²) in [6, 6.07) is 9.81. The Bertz CT molecular complexity index is 1020. The van der Waals surface area contributed by atoms with E-state index in [-0.39, 0.29) is 12.2 Å². The fraction of sp³-hybridized carbons (Fsp3) is 0.238. The first-order valence-electron chi connectivity index (χ1n) is 9.01. The number of anilines is 2. The Labute approximate surface area is 165 Å².